The third-order valence-corrected chi connectivity index (χ3v) is 3.71. The maximum atomic E-state index is 11.1. The molecule has 3 N–H and O–H groups in total. The standard InChI is InChI=1S/C14H19N3O2/c18-14-17-12-2-1-11(7-13(12)19-14)9-16-8-10-3-5-15-6-4-10/h1-2,7,10,15-16H,3-6,8-9H2,(H,17,18). The lowest BCUT2D eigenvalue weighted by Gasteiger charge is -2.22. The number of aromatic nitrogens is 1. The number of aromatic amines is 1. The van der Waals surface area contributed by atoms with Gasteiger partial charge in [-0.2, -0.15) is 0 Å². The average Bonchev–Trinajstić information content (AvgIpc) is 2.79. The van der Waals surface area contributed by atoms with E-state index in [1.807, 2.05) is 18.2 Å². The molecule has 0 radical (unpaired) electrons. The second kappa shape index (κ2) is 5.59. The summed E-state index contributed by atoms with van der Waals surface area (Å²) in [6.45, 7) is 4.13. The molecule has 0 bridgehead atoms. The van der Waals surface area contributed by atoms with Gasteiger partial charge in [-0.1, -0.05) is 6.07 Å². The summed E-state index contributed by atoms with van der Waals surface area (Å²) in [5, 5.41) is 6.86. The number of hydrogen-bond donors (Lipinski definition) is 3. The molecule has 1 aromatic heterocycles. The minimum atomic E-state index is -0.394. The summed E-state index contributed by atoms with van der Waals surface area (Å²) in [6.07, 6.45) is 2.50. The van der Waals surface area contributed by atoms with E-state index in [4.69, 9.17) is 4.42 Å². The molecule has 0 unspecified atom stereocenters. The van der Waals surface area contributed by atoms with Gasteiger partial charge < -0.3 is 15.1 Å². The number of benzene rings is 1. The van der Waals surface area contributed by atoms with Gasteiger partial charge >= 0.3 is 5.76 Å². The summed E-state index contributed by atoms with van der Waals surface area (Å²) in [4.78, 5) is 13.7. The number of fused-ring (bicyclic) bond motifs is 1. The fraction of sp³-hybridized carbons (Fsp3) is 0.500. The minimum Gasteiger partial charge on any atom is -0.408 e. The van der Waals surface area contributed by atoms with Crippen LogP contribution in [-0.2, 0) is 6.54 Å². The Kier molecular flexibility index (Phi) is 3.66. The summed E-state index contributed by atoms with van der Waals surface area (Å²) in [5.41, 5.74) is 2.53. The van der Waals surface area contributed by atoms with E-state index in [9.17, 15) is 4.79 Å². The highest BCUT2D eigenvalue weighted by Gasteiger charge is 2.12. The first-order valence-corrected chi connectivity index (χ1v) is 6.84. The Labute approximate surface area is 111 Å². The van der Waals surface area contributed by atoms with Gasteiger partial charge in [0.1, 0.15) is 0 Å². The third-order valence-electron chi connectivity index (χ3n) is 3.71. The first-order valence-electron chi connectivity index (χ1n) is 6.84. The van der Waals surface area contributed by atoms with Gasteiger partial charge in [0.2, 0.25) is 0 Å². The van der Waals surface area contributed by atoms with E-state index in [1.54, 1.807) is 0 Å². The largest absolute Gasteiger partial charge is 0.417 e. The Morgan fingerprint density at radius 1 is 1.32 bits per heavy atom. The van der Waals surface area contributed by atoms with Gasteiger partial charge in [-0.05, 0) is 56.1 Å². The zero-order valence-electron chi connectivity index (χ0n) is 10.9. The van der Waals surface area contributed by atoms with E-state index in [2.05, 4.69) is 15.6 Å². The van der Waals surface area contributed by atoms with Crippen molar-refractivity contribution in [3.63, 3.8) is 0 Å². The van der Waals surface area contributed by atoms with Gasteiger partial charge in [0.05, 0.1) is 5.52 Å². The van der Waals surface area contributed by atoms with E-state index in [1.165, 1.54) is 12.8 Å². The summed E-state index contributed by atoms with van der Waals surface area (Å²) in [6, 6.07) is 5.83. The van der Waals surface area contributed by atoms with Crippen molar-refractivity contribution in [3.8, 4) is 0 Å². The number of nitrogens with one attached hydrogen (secondary N) is 3. The zero-order valence-corrected chi connectivity index (χ0v) is 10.9. The van der Waals surface area contributed by atoms with Crippen molar-refractivity contribution in [2.75, 3.05) is 19.6 Å². The van der Waals surface area contributed by atoms with Gasteiger partial charge in [-0.25, -0.2) is 4.79 Å². The highest BCUT2D eigenvalue weighted by molar-refractivity contribution is 5.72. The Balaban J connectivity index is 1.57. The van der Waals surface area contributed by atoms with Gasteiger partial charge in [0.25, 0.3) is 0 Å². The van der Waals surface area contributed by atoms with Crippen LogP contribution < -0.4 is 16.4 Å². The maximum absolute atomic E-state index is 11.1. The maximum Gasteiger partial charge on any atom is 0.417 e. The molecule has 0 aliphatic carbocycles. The molecule has 1 fully saturated rings. The number of hydrogen-bond acceptors (Lipinski definition) is 4. The molecule has 2 aromatic rings. The van der Waals surface area contributed by atoms with Crippen molar-refractivity contribution in [3.05, 3.63) is 34.3 Å². The van der Waals surface area contributed by atoms with Crippen LogP contribution in [0, 0.1) is 5.92 Å². The second-order valence-electron chi connectivity index (χ2n) is 5.17. The average molecular weight is 261 g/mol. The fourth-order valence-electron chi connectivity index (χ4n) is 2.61. The van der Waals surface area contributed by atoms with Gasteiger partial charge in [-0.3, -0.25) is 4.98 Å². The molecule has 0 atom stereocenters. The molecule has 0 amide bonds. The van der Waals surface area contributed by atoms with Crippen LogP contribution >= 0.6 is 0 Å². The van der Waals surface area contributed by atoms with Crippen LogP contribution in [0.5, 0.6) is 0 Å². The van der Waals surface area contributed by atoms with Crippen molar-refractivity contribution >= 4 is 11.1 Å². The predicted molar refractivity (Wildman–Crippen MR) is 74.1 cm³/mol. The molecule has 5 nitrogen and oxygen atoms in total. The summed E-state index contributed by atoms with van der Waals surface area (Å²) >= 11 is 0. The number of piperidine rings is 1. The Bertz CT molecular complexity index is 596. The fourth-order valence-corrected chi connectivity index (χ4v) is 2.61. The van der Waals surface area contributed by atoms with Gasteiger partial charge in [-0.15, -0.1) is 0 Å². The van der Waals surface area contributed by atoms with Crippen LogP contribution in [0.4, 0.5) is 0 Å². The summed E-state index contributed by atoms with van der Waals surface area (Å²) in [5.74, 6) is 0.380. The molecule has 1 saturated heterocycles. The van der Waals surface area contributed by atoms with E-state index in [0.717, 1.165) is 43.2 Å². The first kappa shape index (κ1) is 12.4. The summed E-state index contributed by atoms with van der Waals surface area (Å²) in [7, 11) is 0. The minimum absolute atomic E-state index is 0.394. The topological polar surface area (TPSA) is 70.1 Å². The Hall–Kier alpha value is -1.59. The molecule has 1 aliphatic heterocycles. The molecule has 1 aromatic carbocycles. The molecule has 0 spiro atoms. The normalized spacial score (nSPS) is 17.1. The highest BCUT2D eigenvalue weighted by Crippen LogP contribution is 2.13. The van der Waals surface area contributed by atoms with E-state index < -0.39 is 5.76 Å². The lowest BCUT2D eigenvalue weighted by Crippen LogP contribution is -2.33. The molecule has 19 heavy (non-hydrogen) atoms. The van der Waals surface area contributed by atoms with Crippen molar-refractivity contribution in [2.24, 2.45) is 5.92 Å². The third kappa shape index (κ3) is 3.05. The first-order chi connectivity index (χ1) is 9.31. The predicted octanol–water partition coefficient (Wildman–Crippen LogP) is 1.21. The quantitative estimate of drug-likeness (QED) is 0.773. The van der Waals surface area contributed by atoms with E-state index in [-0.39, 0.29) is 0 Å². The number of rotatable bonds is 4. The SMILES string of the molecule is O=c1[nH]c2ccc(CNCC3CCNCC3)cc2o1. The monoisotopic (exact) mass is 261 g/mol. The van der Waals surface area contributed by atoms with Gasteiger partial charge in [0, 0.05) is 6.54 Å². The van der Waals surface area contributed by atoms with Crippen LogP contribution in [0.25, 0.3) is 11.1 Å². The van der Waals surface area contributed by atoms with Crippen molar-refractivity contribution in [1.29, 1.82) is 0 Å². The molecule has 0 saturated carbocycles. The van der Waals surface area contributed by atoms with Crippen molar-refractivity contribution in [1.82, 2.24) is 15.6 Å². The molecular formula is C14H19N3O2. The molecule has 1 aliphatic rings. The van der Waals surface area contributed by atoms with Crippen molar-refractivity contribution in [2.45, 2.75) is 19.4 Å². The number of oxazole rings is 1. The molecule has 3 rings (SSSR count). The van der Waals surface area contributed by atoms with E-state index >= 15 is 0 Å². The van der Waals surface area contributed by atoms with E-state index in [0.29, 0.717) is 5.58 Å². The van der Waals surface area contributed by atoms with Crippen LogP contribution in [0.1, 0.15) is 18.4 Å². The van der Waals surface area contributed by atoms with Crippen LogP contribution in [0.15, 0.2) is 27.4 Å². The smallest absolute Gasteiger partial charge is 0.408 e. The van der Waals surface area contributed by atoms with Crippen LogP contribution in [0.3, 0.4) is 0 Å². The molecule has 2 heterocycles. The number of H-pyrrole nitrogens is 1. The summed E-state index contributed by atoms with van der Waals surface area (Å²) < 4.78 is 5.06. The second-order valence-corrected chi connectivity index (χ2v) is 5.17. The lowest BCUT2D eigenvalue weighted by atomic mass is 9.98. The molecule has 5 heteroatoms. The van der Waals surface area contributed by atoms with Gasteiger partial charge in [0.15, 0.2) is 5.58 Å². The zero-order chi connectivity index (χ0) is 13.1. The lowest BCUT2D eigenvalue weighted by molar-refractivity contribution is 0.356. The van der Waals surface area contributed by atoms with Crippen LogP contribution in [0.2, 0.25) is 0 Å². The highest BCUT2D eigenvalue weighted by atomic mass is 16.4. The molecule has 102 valence electrons. The van der Waals surface area contributed by atoms with Crippen LogP contribution in [-0.4, -0.2) is 24.6 Å². The Morgan fingerprint density at radius 2 is 2.16 bits per heavy atom. The Morgan fingerprint density at radius 3 is 3.00 bits per heavy atom. The molecular weight excluding hydrogens is 242 g/mol. The van der Waals surface area contributed by atoms with Crippen molar-refractivity contribution < 1.29 is 4.42 Å².